The summed E-state index contributed by atoms with van der Waals surface area (Å²) in [6.07, 6.45) is 0.123. The standard InChI is InChI=1S/C18H19ClFNO2/c1-12(2)23-11-14-6-4-3-5-13(14)10-21-18(22)16-9-15(19)7-8-17(16)20/h3-9,12H,10-11H2,1-2H3,(H,21,22). The molecule has 0 spiro atoms. The number of nitrogens with one attached hydrogen (secondary N) is 1. The lowest BCUT2D eigenvalue weighted by atomic mass is 10.1. The fourth-order valence-electron chi connectivity index (χ4n) is 2.07. The lowest BCUT2D eigenvalue weighted by molar-refractivity contribution is 0.0651. The van der Waals surface area contributed by atoms with Gasteiger partial charge in [0.1, 0.15) is 5.82 Å². The van der Waals surface area contributed by atoms with Gasteiger partial charge in [-0.05, 0) is 43.2 Å². The Morgan fingerprint density at radius 1 is 1.22 bits per heavy atom. The minimum atomic E-state index is -0.594. The predicted molar refractivity (Wildman–Crippen MR) is 88.9 cm³/mol. The van der Waals surface area contributed by atoms with E-state index in [9.17, 15) is 9.18 Å². The van der Waals surface area contributed by atoms with Crippen molar-refractivity contribution in [1.82, 2.24) is 5.32 Å². The van der Waals surface area contributed by atoms with E-state index in [1.165, 1.54) is 18.2 Å². The molecule has 1 N–H and O–H groups in total. The molecule has 0 heterocycles. The molecule has 2 rings (SSSR count). The van der Waals surface area contributed by atoms with Crippen molar-refractivity contribution in [2.75, 3.05) is 0 Å². The number of carbonyl (C=O) groups excluding carboxylic acids is 1. The summed E-state index contributed by atoms with van der Waals surface area (Å²) in [5.41, 5.74) is 1.87. The van der Waals surface area contributed by atoms with Gasteiger partial charge < -0.3 is 10.1 Å². The van der Waals surface area contributed by atoms with Crippen LogP contribution in [0.5, 0.6) is 0 Å². The van der Waals surface area contributed by atoms with E-state index in [2.05, 4.69) is 5.32 Å². The molecule has 0 bridgehead atoms. The lowest BCUT2D eigenvalue weighted by Gasteiger charge is -2.13. The Kier molecular flexibility index (Phi) is 6.13. The van der Waals surface area contributed by atoms with Crippen LogP contribution in [0.2, 0.25) is 5.02 Å². The minimum Gasteiger partial charge on any atom is -0.374 e. The predicted octanol–water partition coefficient (Wildman–Crippen LogP) is 4.33. The molecule has 2 aromatic rings. The van der Waals surface area contributed by atoms with E-state index in [4.69, 9.17) is 16.3 Å². The van der Waals surface area contributed by atoms with Crippen molar-refractivity contribution in [2.45, 2.75) is 33.1 Å². The van der Waals surface area contributed by atoms with Crippen molar-refractivity contribution < 1.29 is 13.9 Å². The average Bonchev–Trinajstić information content (AvgIpc) is 2.53. The van der Waals surface area contributed by atoms with Gasteiger partial charge >= 0.3 is 0 Å². The van der Waals surface area contributed by atoms with Crippen molar-refractivity contribution >= 4 is 17.5 Å². The van der Waals surface area contributed by atoms with Gasteiger partial charge in [0.25, 0.3) is 5.91 Å². The van der Waals surface area contributed by atoms with Crippen LogP contribution in [0.1, 0.15) is 35.3 Å². The van der Waals surface area contributed by atoms with Crippen molar-refractivity contribution in [2.24, 2.45) is 0 Å². The van der Waals surface area contributed by atoms with Crippen LogP contribution in [-0.4, -0.2) is 12.0 Å². The third kappa shape index (κ3) is 5.05. The van der Waals surface area contributed by atoms with Gasteiger partial charge in [-0.2, -0.15) is 0 Å². The summed E-state index contributed by atoms with van der Waals surface area (Å²) in [6, 6.07) is 11.6. The molecule has 23 heavy (non-hydrogen) atoms. The second-order valence-corrected chi connectivity index (χ2v) is 5.87. The molecule has 0 aliphatic heterocycles. The Labute approximate surface area is 140 Å². The normalized spacial score (nSPS) is 10.8. The van der Waals surface area contributed by atoms with Crippen LogP contribution in [0.25, 0.3) is 0 Å². The first-order valence-corrected chi connectivity index (χ1v) is 7.77. The highest BCUT2D eigenvalue weighted by molar-refractivity contribution is 6.31. The van der Waals surface area contributed by atoms with Crippen LogP contribution >= 0.6 is 11.6 Å². The third-order valence-corrected chi connectivity index (χ3v) is 3.54. The van der Waals surface area contributed by atoms with E-state index in [0.29, 0.717) is 18.2 Å². The topological polar surface area (TPSA) is 38.3 Å². The molecule has 0 atom stereocenters. The van der Waals surface area contributed by atoms with E-state index >= 15 is 0 Å². The molecule has 0 fully saturated rings. The van der Waals surface area contributed by atoms with Crippen LogP contribution in [0.4, 0.5) is 4.39 Å². The molecule has 0 aliphatic rings. The first kappa shape index (κ1) is 17.4. The van der Waals surface area contributed by atoms with Gasteiger partial charge in [0.2, 0.25) is 0 Å². The molecule has 2 aromatic carbocycles. The molecule has 1 amide bonds. The highest BCUT2D eigenvalue weighted by Crippen LogP contribution is 2.16. The highest BCUT2D eigenvalue weighted by Gasteiger charge is 2.13. The second kappa shape index (κ2) is 8.09. The molecular formula is C18H19ClFNO2. The maximum absolute atomic E-state index is 13.7. The minimum absolute atomic E-state index is 0.0617. The summed E-state index contributed by atoms with van der Waals surface area (Å²) >= 11 is 5.81. The van der Waals surface area contributed by atoms with Gasteiger partial charge in [-0.15, -0.1) is 0 Å². The van der Waals surface area contributed by atoms with Crippen molar-refractivity contribution in [3.63, 3.8) is 0 Å². The fourth-order valence-corrected chi connectivity index (χ4v) is 2.24. The molecule has 0 saturated heterocycles. The van der Waals surface area contributed by atoms with E-state index in [1.54, 1.807) is 0 Å². The Bertz CT molecular complexity index is 688. The monoisotopic (exact) mass is 335 g/mol. The number of amides is 1. The van der Waals surface area contributed by atoms with Crippen LogP contribution in [-0.2, 0) is 17.9 Å². The molecular weight excluding hydrogens is 317 g/mol. The van der Waals surface area contributed by atoms with E-state index in [-0.39, 0.29) is 11.7 Å². The largest absolute Gasteiger partial charge is 0.374 e. The number of rotatable bonds is 6. The molecule has 0 unspecified atom stereocenters. The second-order valence-electron chi connectivity index (χ2n) is 5.44. The van der Waals surface area contributed by atoms with Gasteiger partial charge in [0.05, 0.1) is 18.3 Å². The zero-order valence-electron chi connectivity index (χ0n) is 13.1. The number of ether oxygens (including phenoxy) is 1. The Morgan fingerprint density at radius 3 is 2.61 bits per heavy atom. The van der Waals surface area contributed by atoms with Crippen molar-refractivity contribution in [3.8, 4) is 0 Å². The molecule has 0 radical (unpaired) electrons. The Hall–Kier alpha value is -1.91. The van der Waals surface area contributed by atoms with E-state index in [1.807, 2.05) is 38.1 Å². The quantitative estimate of drug-likeness (QED) is 0.853. The van der Waals surface area contributed by atoms with Gasteiger partial charge in [0.15, 0.2) is 0 Å². The summed E-state index contributed by atoms with van der Waals surface area (Å²) in [4.78, 5) is 12.1. The van der Waals surface area contributed by atoms with Gasteiger partial charge in [-0.1, -0.05) is 35.9 Å². The van der Waals surface area contributed by atoms with Crippen molar-refractivity contribution in [3.05, 3.63) is 70.0 Å². The maximum Gasteiger partial charge on any atom is 0.254 e. The highest BCUT2D eigenvalue weighted by atomic mass is 35.5. The number of benzene rings is 2. The van der Waals surface area contributed by atoms with Crippen LogP contribution < -0.4 is 5.32 Å². The summed E-state index contributed by atoms with van der Waals surface area (Å²) in [5, 5.41) is 3.04. The summed E-state index contributed by atoms with van der Waals surface area (Å²) in [7, 11) is 0. The van der Waals surface area contributed by atoms with Gasteiger partial charge in [-0.25, -0.2) is 4.39 Å². The zero-order chi connectivity index (χ0) is 16.8. The van der Waals surface area contributed by atoms with E-state index < -0.39 is 11.7 Å². The first-order valence-electron chi connectivity index (χ1n) is 7.39. The van der Waals surface area contributed by atoms with Crippen LogP contribution in [0.15, 0.2) is 42.5 Å². The third-order valence-electron chi connectivity index (χ3n) is 3.30. The summed E-state index contributed by atoms with van der Waals surface area (Å²) < 4.78 is 19.3. The van der Waals surface area contributed by atoms with Crippen LogP contribution in [0, 0.1) is 5.82 Å². The van der Waals surface area contributed by atoms with E-state index in [0.717, 1.165) is 11.1 Å². The average molecular weight is 336 g/mol. The van der Waals surface area contributed by atoms with Crippen LogP contribution in [0.3, 0.4) is 0 Å². The summed E-state index contributed by atoms with van der Waals surface area (Å²) in [6.45, 7) is 4.69. The Balaban J connectivity index is 2.06. The molecule has 0 aromatic heterocycles. The SMILES string of the molecule is CC(C)OCc1ccccc1CNC(=O)c1cc(Cl)ccc1F. The van der Waals surface area contributed by atoms with Gasteiger partial charge in [-0.3, -0.25) is 4.79 Å². The molecule has 122 valence electrons. The summed E-state index contributed by atoms with van der Waals surface area (Å²) in [5.74, 6) is -1.09. The number of halogens is 2. The fraction of sp³-hybridized carbons (Fsp3) is 0.278. The number of hydrogen-bond donors (Lipinski definition) is 1. The lowest BCUT2D eigenvalue weighted by Crippen LogP contribution is -2.24. The molecule has 0 aliphatic carbocycles. The van der Waals surface area contributed by atoms with Crippen molar-refractivity contribution in [1.29, 1.82) is 0 Å². The molecule has 3 nitrogen and oxygen atoms in total. The number of carbonyl (C=O) groups is 1. The first-order chi connectivity index (χ1) is 11.0. The molecule has 0 saturated carbocycles. The maximum atomic E-state index is 13.7. The van der Waals surface area contributed by atoms with Gasteiger partial charge in [0, 0.05) is 11.6 Å². The number of hydrogen-bond acceptors (Lipinski definition) is 2. The smallest absolute Gasteiger partial charge is 0.254 e. The zero-order valence-corrected chi connectivity index (χ0v) is 13.9. The Morgan fingerprint density at radius 2 is 1.91 bits per heavy atom. The molecule has 5 heteroatoms.